The Morgan fingerprint density at radius 2 is 2.00 bits per heavy atom. The molecule has 0 fully saturated rings. The lowest BCUT2D eigenvalue weighted by Gasteiger charge is -2.10. The van der Waals surface area contributed by atoms with Gasteiger partial charge in [-0.25, -0.2) is 9.97 Å². The Balaban J connectivity index is 2.51. The molecule has 4 heteroatoms. The Hall–Kier alpha value is -1.94. The molecule has 4 nitrogen and oxygen atoms in total. The molecule has 1 N–H and O–H groups in total. The second-order valence-electron chi connectivity index (χ2n) is 4.09. The van der Waals surface area contributed by atoms with Crippen molar-refractivity contribution in [1.29, 1.82) is 0 Å². The van der Waals surface area contributed by atoms with Crippen molar-refractivity contribution >= 4 is 0 Å². The summed E-state index contributed by atoms with van der Waals surface area (Å²) in [6, 6.07) is 6.33. The maximum atomic E-state index is 5.27. The number of hydrogen-bond acceptors (Lipinski definition) is 4. The predicted octanol–water partition coefficient (Wildman–Crippen LogP) is 2.18. The molecule has 0 unspecified atom stereocenters. The number of hydrogen-bond donors (Lipinski definition) is 1. The number of ether oxygens (including phenoxy) is 1. The van der Waals surface area contributed by atoms with Crippen molar-refractivity contribution in [2.75, 3.05) is 14.2 Å². The third kappa shape index (κ3) is 2.49. The first-order chi connectivity index (χ1) is 8.76. The summed E-state index contributed by atoms with van der Waals surface area (Å²) < 4.78 is 5.27. The SMILES string of the molecule is CNCc1ccc(C)c(-c2nccnc2OC)c1. The first-order valence-electron chi connectivity index (χ1n) is 5.85. The molecule has 1 heterocycles. The van der Waals surface area contributed by atoms with Crippen molar-refractivity contribution in [3.8, 4) is 17.1 Å². The Morgan fingerprint density at radius 3 is 2.72 bits per heavy atom. The van der Waals surface area contributed by atoms with E-state index in [1.807, 2.05) is 7.05 Å². The van der Waals surface area contributed by atoms with Gasteiger partial charge in [-0.1, -0.05) is 12.1 Å². The summed E-state index contributed by atoms with van der Waals surface area (Å²) in [6.45, 7) is 2.89. The number of aryl methyl sites for hydroxylation is 1. The van der Waals surface area contributed by atoms with Crippen LogP contribution in [0.25, 0.3) is 11.3 Å². The highest BCUT2D eigenvalue weighted by molar-refractivity contribution is 5.68. The van der Waals surface area contributed by atoms with E-state index in [4.69, 9.17) is 4.74 Å². The van der Waals surface area contributed by atoms with Gasteiger partial charge in [-0.15, -0.1) is 0 Å². The summed E-state index contributed by atoms with van der Waals surface area (Å²) in [5.41, 5.74) is 4.22. The zero-order valence-electron chi connectivity index (χ0n) is 10.9. The van der Waals surface area contributed by atoms with E-state index in [0.717, 1.165) is 23.4 Å². The van der Waals surface area contributed by atoms with Gasteiger partial charge in [0.05, 0.1) is 7.11 Å². The van der Waals surface area contributed by atoms with E-state index in [2.05, 4.69) is 40.4 Å². The predicted molar refractivity (Wildman–Crippen MR) is 71.5 cm³/mol. The van der Waals surface area contributed by atoms with Gasteiger partial charge in [0.15, 0.2) is 0 Å². The van der Waals surface area contributed by atoms with Gasteiger partial charge in [0.1, 0.15) is 5.69 Å². The molecular weight excluding hydrogens is 226 g/mol. The fourth-order valence-corrected chi connectivity index (χ4v) is 1.90. The minimum atomic E-state index is 0.558. The van der Waals surface area contributed by atoms with E-state index < -0.39 is 0 Å². The molecule has 0 aliphatic rings. The van der Waals surface area contributed by atoms with Gasteiger partial charge in [0, 0.05) is 24.5 Å². The number of rotatable bonds is 4. The number of nitrogens with zero attached hydrogens (tertiary/aromatic N) is 2. The van der Waals surface area contributed by atoms with Crippen LogP contribution in [0.15, 0.2) is 30.6 Å². The van der Waals surface area contributed by atoms with Crippen molar-refractivity contribution in [3.05, 3.63) is 41.7 Å². The molecular formula is C14H17N3O. The molecule has 1 aromatic carbocycles. The molecule has 0 aliphatic carbocycles. The average Bonchev–Trinajstić information content (AvgIpc) is 2.41. The van der Waals surface area contributed by atoms with Crippen LogP contribution in [0.5, 0.6) is 5.88 Å². The number of methoxy groups -OCH3 is 1. The fourth-order valence-electron chi connectivity index (χ4n) is 1.90. The van der Waals surface area contributed by atoms with Gasteiger partial charge in [0.25, 0.3) is 0 Å². The lowest BCUT2D eigenvalue weighted by atomic mass is 10.0. The van der Waals surface area contributed by atoms with Crippen LogP contribution in [-0.4, -0.2) is 24.1 Å². The second-order valence-corrected chi connectivity index (χ2v) is 4.09. The summed E-state index contributed by atoms with van der Waals surface area (Å²) in [5.74, 6) is 0.558. The molecule has 2 rings (SSSR count). The van der Waals surface area contributed by atoms with Gasteiger partial charge in [-0.3, -0.25) is 0 Å². The number of aromatic nitrogens is 2. The third-order valence-corrected chi connectivity index (χ3v) is 2.80. The van der Waals surface area contributed by atoms with E-state index in [1.54, 1.807) is 19.5 Å². The maximum absolute atomic E-state index is 5.27. The Kier molecular flexibility index (Phi) is 3.89. The molecule has 94 valence electrons. The molecule has 0 aliphatic heterocycles. The van der Waals surface area contributed by atoms with Crippen LogP contribution in [0.3, 0.4) is 0 Å². The summed E-state index contributed by atoms with van der Waals surface area (Å²) in [4.78, 5) is 8.56. The molecule has 0 amide bonds. The molecule has 2 aromatic rings. The molecule has 0 saturated carbocycles. The fraction of sp³-hybridized carbons (Fsp3) is 0.286. The van der Waals surface area contributed by atoms with E-state index in [1.165, 1.54) is 5.56 Å². The number of benzene rings is 1. The molecule has 0 saturated heterocycles. The van der Waals surface area contributed by atoms with Gasteiger partial charge in [-0.05, 0) is 31.2 Å². The van der Waals surface area contributed by atoms with Crippen LogP contribution in [0.1, 0.15) is 11.1 Å². The Morgan fingerprint density at radius 1 is 1.22 bits per heavy atom. The first-order valence-corrected chi connectivity index (χ1v) is 5.85. The van der Waals surface area contributed by atoms with Crippen LogP contribution in [0.4, 0.5) is 0 Å². The molecule has 1 aromatic heterocycles. The van der Waals surface area contributed by atoms with Gasteiger partial charge in [-0.2, -0.15) is 0 Å². The lowest BCUT2D eigenvalue weighted by molar-refractivity contribution is 0.397. The summed E-state index contributed by atoms with van der Waals surface area (Å²) in [6.07, 6.45) is 3.32. The molecule has 0 radical (unpaired) electrons. The van der Waals surface area contributed by atoms with Crippen molar-refractivity contribution < 1.29 is 4.74 Å². The van der Waals surface area contributed by atoms with Crippen molar-refractivity contribution in [3.63, 3.8) is 0 Å². The Bertz CT molecular complexity index is 540. The highest BCUT2D eigenvalue weighted by atomic mass is 16.5. The largest absolute Gasteiger partial charge is 0.479 e. The van der Waals surface area contributed by atoms with Crippen molar-refractivity contribution in [1.82, 2.24) is 15.3 Å². The van der Waals surface area contributed by atoms with E-state index in [0.29, 0.717) is 5.88 Å². The van der Waals surface area contributed by atoms with Gasteiger partial charge >= 0.3 is 0 Å². The highest BCUT2D eigenvalue weighted by Crippen LogP contribution is 2.28. The third-order valence-electron chi connectivity index (χ3n) is 2.80. The second kappa shape index (κ2) is 5.60. The van der Waals surface area contributed by atoms with E-state index >= 15 is 0 Å². The monoisotopic (exact) mass is 243 g/mol. The molecule has 18 heavy (non-hydrogen) atoms. The number of nitrogens with one attached hydrogen (secondary N) is 1. The molecule has 0 bridgehead atoms. The summed E-state index contributed by atoms with van der Waals surface area (Å²) in [5, 5.41) is 3.14. The van der Waals surface area contributed by atoms with Crippen LogP contribution in [0.2, 0.25) is 0 Å². The molecule has 0 spiro atoms. The standard InChI is InChI=1S/C14H17N3O/c1-10-4-5-11(9-15-2)8-12(10)13-14(18-3)17-7-6-16-13/h4-8,15H,9H2,1-3H3. The molecule has 0 atom stereocenters. The van der Waals surface area contributed by atoms with Gasteiger partial charge in [0.2, 0.25) is 5.88 Å². The van der Waals surface area contributed by atoms with Gasteiger partial charge < -0.3 is 10.1 Å². The van der Waals surface area contributed by atoms with Crippen LogP contribution in [-0.2, 0) is 6.54 Å². The minimum Gasteiger partial charge on any atom is -0.479 e. The van der Waals surface area contributed by atoms with Crippen molar-refractivity contribution in [2.45, 2.75) is 13.5 Å². The van der Waals surface area contributed by atoms with Crippen molar-refractivity contribution in [2.24, 2.45) is 0 Å². The van der Waals surface area contributed by atoms with Crippen LogP contribution < -0.4 is 10.1 Å². The average molecular weight is 243 g/mol. The smallest absolute Gasteiger partial charge is 0.240 e. The first kappa shape index (κ1) is 12.5. The zero-order chi connectivity index (χ0) is 13.0. The highest BCUT2D eigenvalue weighted by Gasteiger charge is 2.11. The van der Waals surface area contributed by atoms with E-state index in [9.17, 15) is 0 Å². The van der Waals surface area contributed by atoms with E-state index in [-0.39, 0.29) is 0 Å². The maximum Gasteiger partial charge on any atom is 0.240 e. The lowest BCUT2D eigenvalue weighted by Crippen LogP contribution is -2.05. The summed E-state index contributed by atoms with van der Waals surface area (Å²) >= 11 is 0. The van der Waals surface area contributed by atoms with Crippen LogP contribution in [0, 0.1) is 6.92 Å². The Labute approximate surface area is 107 Å². The minimum absolute atomic E-state index is 0.558. The normalized spacial score (nSPS) is 10.4. The van der Waals surface area contributed by atoms with Crippen LogP contribution >= 0.6 is 0 Å². The topological polar surface area (TPSA) is 47.0 Å². The quantitative estimate of drug-likeness (QED) is 0.894. The zero-order valence-corrected chi connectivity index (χ0v) is 10.9. The summed E-state index contributed by atoms with van der Waals surface area (Å²) in [7, 11) is 3.54.